The first-order valence-electron chi connectivity index (χ1n) is 4.06. The van der Waals surface area contributed by atoms with Gasteiger partial charge in [-0.1, -0.05) is 6.07 Å². The lowest BCUT2D eigenvalue weighted by atomic mass is 10.3. The molecule has 0 saturated heterocycles. The van der Waals surface area contributed by atoms with Gasteiger partial charge in [0.25, 0.3) is 0 Å². The van der Waals surface area contributed by atoms with E-state index in [1.54, 1.807) is 18.3 Å². The van der Waals surface area contributed by atoms with Gasteiger partial charge in [-0.15, -0.1) is 11.3 Å². The molecule has 0 aliphatic carbocycles. The summed E-state index contributed by atoms with van der Waals surface area (Å²) in [7, 11) is 1.82. The molecule has 0 aliphatic heterocycles. The van der Waals surface area contributed by atoms with Gasteiger partial charge >= 0.3 is 5.97 Å². The number of carboxylic acids is 1. The van der Waals surface area contributed by atoms with Gasteiger partial charge in [0.15, 0.2) is 0 Å². The van der Waals surface area contributed by atoms with Gasteiger partial charge in [-0.3, -0.25) is 9.69 Å². The Balaban J connectivity index is 2.50. The molecule has 1 N–H and O–H groups in total. The van der Waals surface area contributed by atoms with Crippen LogP contribution in [0.15, 0.2) is 17.5 Å². The second-order valence-corrected chi connectivity index (χ2v) is 4.04. The zero-order chi connectivity index (χ0) is 9.84. The minimum Gasteiger partial charge on any atom is -0.480 e. The molecule has 13 heavy (non-hydrogen) atoms. The maximum atomic E-state index is 10.6. The van der Waals surface area contributed by atoms with E-state index in [2.05, 4.69) is 0 Å². The third-order valence-corrected chi connectivity index (χ3v) is 2.87. The summed E-state index contributed by atoms with van der Waals surface area (Å²) in [6.07, 6.45) is 0. The molecular weight excluding hydrogens is 186 g/mol. The predicted octanol–water partition coefficient (Wildman–Crippen LogP) is 1.65. The van der Waals surface area contributed by atoms with Crippen LogP contribution < -0.4 is 0 Å². The lowest BCUT2D eigenvalue weighted by Gasteiger charge is -2.19. The van der Waals surface area contributed by atoms with Crippen LogP contribution in [0, 0.1) is 0 Å². The smallest absolute Gasteiger partial charge is 0.320 e. The average Bonchev–Trinajstić information content (AvgIpc) is 2.55. The largest absolute Gasteiger partial charge is 0.480 e. The third-order valence-electron chi connectivity index (χ3n) is 2.00. The molecule has 1 aromatic rings. The third kappa shape index (κ3) is 2.82. The van der Waals surface area contributed by atoms with Crippen molar-refractivity contribution in [3.63, 3.8) is 0 Å². The lowest BCUT2D eigenvalue weighted by Crippen LogP contribution is -2.34. The molecule has 0 spiro atoms. The van der Waals surface area contributed by atoms with Crippen molar-refractivity contribution in [2.75, 3.05) is 7.05 Å². The van der Waals surface area contributed by atoms with Crippen molar-refractivity contribution in [3.05, 3.63) is 22.4 Å². The van der Waals surface area contributed by atoms with Crippen LogP contribution in [0.3, 0.4) is 0 Å². The fourth-order valence-corrected chi connectivity index (χ4v) is 1.74. The summed E-state index contributed by atoms with van der Waals surface area (Å²) >= 11 is 1.65. The Morgan fingerprint density at radius 2 is 2.46 bits per heavy atom. The molecule has 1 unspecified atom stereocenters. The van der Waals surface area contributed by atoms with Gasteiger partial charge in [-0.2, -0.15) is 0 Å². The quantitative estimate of drug-likeness (QED) is 0.801. The highest BCUT2D eigenvalue weighted by atomic mass is 32.1. The van der Waals surface area contributed by atoms with E-state index in [0.717, 1.165) is 0 Å². The number of rotatable bonds is 4. The van der Waals surface area contributed by atoms with E-state index in [-0.39, 0.29) is 0 Å². The van der Waals surface area contributed by atoms with Gasteiger partial charge in [0.2, 0.25) is 0 Å². The summed E-state index contributed by atoms with van der Waals surface area (Å²) < 4.78 is 0. The number of aliphatic carboxylic acids is 1. The van der Waals surface area contributed by atoms with Crippen molar-refractivity contribution in [3.8, 4) is 0 Å². The fourth-order valence-electron chi connectivity index (χ4n) is 0.974. The second kappa shape index (κ2) is 4.39. The van der Waals surface area contributed by atoms with Crippen molar-refractivity contribution < 1.29 is 9.90 Å². The van der Waals surface area contributed by atoms with Crippen molar-refractivity contribution in [1.82, 2.24) is 4.90 Å². The van der Waals surface area contributed by atoms with Gasteiger partial charge in [-0.05, 0) is 25.4 Å². The topological polar surface area (TPSA) is 40.5 Å². The zero-order valence-corrected chi connectivity index (χ0v) is 8.54. The van der Waals surface area contributed by atoms with E-state index in [9.17, 15) is 4.79 Å². The maximum absolute atomic E-state index is 10.6. The summed E-state index contributed by atoms with van der Waals surface area (Å²) in [6, 6.07) is 3.55. The molecule has 72 valence electrons. The first-order chi connectivity index (χ1) is 6.11. The maximum Gasteiger partial charge on any atom is 0.320 e. The average molecular weight is 199 g/mol. The molecule has 1 heterocycles. The van der Waals surface area contributed by atoms with Crippen molar-refractivity contribution >= 4 is 17.3 Å². The number of thiophene rings is 1. The second-order valence-electron chi connectivity index (χ2n) is 3.01. The first kappa shape index (κ1) is 10.2. The summed E-state index contributed by atoms with van der Waals surface area (Å²) in [5, 5.41) is 10.7. The van der Waals surface area contributed by atoms with Crippen LogP contribution in [-0.2, 0) is 11.3 Å². The molecule has 0 amide bonds. The van der Waals surface area contributed by atoms with E-state index in [4.69, 9.17) is 5.11 Å². The Labute approximate surface area is 81.6 Å². The molecule has 0 radical (unpaired) electrons. The van der Waals surface area contributed by atoms with E-state index in [1.807, 2.05) is 29.5 Å². The summed E-state index contributed by atoms with van der Waals surface area (Å²) in [5.74, 6) is -0.779. The number of likely N-dealkylation sites (N-methyl/N-ethyl adjacent to an activating group) is 1. The van der Waals surface area contributed by atoms with Crippen LogP contribution >= 0.6 is 11.3 Å². The monoisotopic (exact) mass is 199 g/mol. The SMILES string of the molecule is CC(C(=O)O)N(C)Cc1cccs1. The predicted molar refractivity (Wildman–Crippen MR) is 52.9 cm³/mol. The van der Waals surface area contributed by atoms with Gasteiger partial charge in [0, 0.05) is 11.4 Å². The Morgan fingerprint density at radius 3 is 2.92 bits per heavy atom. The Morgan fingerprint density at radius 1 is 1.77 bits per heavy atom. The number of nitrogens with zero attached hydrogens (tertiary/aromatic N) is 1. The highest BCUT2D eigenvalue weighted by molar-refractivity contribution is 7.09. The Hall–Kier alpha value is -0.870. The molecule has 1 rings (SSSR count). The molecule has 0 saturated carbocycles. The van der Waals surface area contributed by atoms with Crippen LogP contribution in [0.2, 0.25) is 0 Å². The summed E-state index contributed by atoms with van der Waals surface area (Å²) in [6.45, 7) is 2.39. The fraction of sp³-hybridized carbons (Fsp3) is 0.444. The van der Waals surface area contributed by atoms with E-state index in [1.165, 1.54) is 4.88 Å². The van der Waals surface area contributed by atoms with Gasteiger partial charge in [0.1, 0.15) is 6.04 Å². The number of carbonyl (C=O) groups is 1. The number of hydrogen-bond donors (Lipinski definition) is 1. The van der Waals surface area contributed by atoms with Crippen LogP contribution in [-0.4, -0.2) is 29.1 Å². The van der Waals surface area contributed by atoms with Crippen molar-refractivity contribution in [2.24, 2.45) is 0 Å². The highest BCUT2D eigenvalue weighted by Crippen LogP contribution is 2.12. The summed E-state index contributed by atoms with van der Waals surface area (Å²) in [5.41, 5.74) is 0. The first-order valence-corrected chi connectivity index (χ1v) is 4.94. The van der Waals surface area contributed by atoms with Crippen LogP contribution in [0.1, 0.15) is 11.8 Å². The lowest BCUT2D eigenvalue weighted by molar-refractivity contribution is -0.142. The molecule has 1 aromatic heterocycles. The van der Waals surface area contributed by atoms with E-state index < -0.39 is 12.0 Å². The van der Waals surface area contributed by atoms with Gasteiger partial charge in [-0.25, -0.2) is 0 Å². The molecule has 0 fully saturated rings. The number of carboxylic acid groups (broad SMARTS) is 1. The Kier molecular flexibility index (Phi) is 3.45. The zero-order valence-electron chi connectivity index (χ0n) is 7.73. The van der Waals surface area contributed by atoms with E-state index in [0.29, 0.717) is 6.54 Å². The minimum atomic E-state index is -0.779. The molecule has 3 nitrogen and oxygen atoms in total. The molecule has 4 heteroatoms. The standard InChI is InChI=1S/C9H13NO2S/c1-7(9(11)12)10(2)6-8-4-3-5-13-8/h3-5,7H,6H2,1-2H3,(H,11,12). The highest BCUT2D eigenvalue weighted by Gasteiger charge is 2.16. The molecular formula is C9H13NO2S. The van der Waals surface area contributed by atoms with Crippen LogP contribution in [0.4, 0.5) is 0 Å². The molecule has 0 aliphatic rings. The van der Waals surface area contributed by atoms with Gasteiger partial charge < -0.3 is 5.11 Å². The van der Waals surface area contributed by atoms with Crippen molar-refractivity contribution in [2.45, 2.75) is 19.5 Å². The Bertz CT molecular complexity index is 271. The minimum absolute atomic E-state index is 0.429. The summed E-state index contributed by atoms with van der Waals surface area (Å²) in [4.78, 5) is 13.6. The van der Waals surface area contributed by atoms with Crippen molar-refractivity contribution in [1.29, 1.82) is 0 Å². The van der Waals surface area contributed by atoms with E-state index >= 15 is 0 Å². The van der Waals surface area contributed by atoms with Crippen LogP contribution in [0.5, 0.6) is 0 Å². The molecule has 1 atom stereocenters. The normalized spacial score (nSPS) is 13.2. The molecule has 0 bridgehead atoms. The number of hydrogen-bond acceptors (Lipinski definition) is 3. The van der Waals surface area contributed by atoms with Crippen LogP contribution in [0.25, 0.3) is 0 Å². The van der Waals surface area contributed by atoms with Gasteiger partial charge in [0.05, 0.1) is 0 Å². The molecule has 0 aromatic carbocycles.